The maximum Gasteiger partial charge on any atom is 0.147 e. The van der Waals surface area contributed by atoms with E-state index < -0.39 is 0 Å². The molecule has 0 saturated heterocycles. The van der Waals surface area contributed by atoms with E-state index in [9.17, 15) is 8.78 Å². The number of benzene rings is 1. The average Bonchev–Trinajstić information content (AvgIpc) is 2.40. The molecule has 3 heteroatoms. The van der Waals surface area contributed by atoms with Gasteiger partial charge in [-0.2, -0.15) is 0 Å². The molecule has 74 valence electrons. The zero-order chi connectivity index (χ0) is 10.5. The molecule has 0 bridgehead atoms. The lowest BCUT2D eigenvalue weighted by atomic mass is 10.1. The topological polar surface area (TPSA) is 3.24 Å². The smallest absolute Gasteiger partial charge is 0.147 e. The Morgan fingerprint density at radius 3 is 2.71 bits per heavy atom. The fourth-order valence-electron chi connectivity index (χ4n) is 1.81. The van der Waals surface area contributed by atoms with E-state index in [0.717, 1.165) is 5.70 Å². The predicted molar refractivity (Wildman–Crippen MR) is 52.3 cm³/mol. The fourth-order valence-corrected chi connectivity index (χ4v) is 1.81. The molecular formula is C11H11F2N. The number of aryl methyl sites for hydroxylation is 1. The number of allylic oxidation sites excluding steroid dienone is 1. The molecule has 14 heavy (non-hydrogen) atoms. The van der Waals surface area contributed by atoms with Crippen molar-refractivity contribution in [2.75, 3.05) is 11.9 Å². The molecule has 1 heterocycles. The number of anilines is 1. The summed E-state index contributed by atoms with van der Waals surface area (Å²) in [6.45, 7) is 5.32. The second-order valence-corrected chi connectivity index (χ2v) is 3.62. The zero-order valence-corrected chi connectivity index (χ0v) is 8.19. The Labute approximate surface area is 81.7 Å². The van der Waals surface area contributed by atoms with Crippen molar-refractivity contribution in [3.05, 3.63) is 41.1 Å². The third-order valence-electron chi connectivity index (χ3n) is 2.66. The van der Waals surface area contributed by atoms with E-state index in [-0.39, 0.29) is 11.6 Å². The summed E-state index contributed by atoms with van der Waals surface area (Å²) in [7, 11) is 1.70. The van der Waals surface area contributed by atoms with E-state index in [0.29, 0.717) is 23.2 Å². The summed E-state index contributed by atoms with van der Waals surface area (Å²) in [5.74, 6) is -0.688. The number of likely N-dealkylation sites (N-methyl/N-ethyl adjacent to an activating group) is 1. The van der Waals surface area contributed by atoms with E-state index in [1.165, 1.54) is 6.07 Å². The van der Waals surface area contributed by atoms with E-state index >= 15 is 0 Å². The normalized spacial score (nSPS) is 14.9. The molecule has 0 fully saturated rings. The minimum absolute atomic E-state index is 0.313. The summed E-state index contributed by atoms with van der Waals surface area (Å²) in [5.41, 5.74) is 1.83. The number of hydrogen-bond acceptors (Lipinski definition) is 1. The molecule has 0 saturated carbocycles. The Kier molecular flexibility index (Phi) is 1.84. The maximum absolute atomic E-state index is 13.6. The molecule has 2 rings (SSSR count). The fraction of sp³-hybridized carbons (Fsp3) is 0.273. The molecule has 0 amide bonds. The van der Waals surface area contributed by atoms with Crippen LogP contribution in [0.5, 0.6) is 0 Å². The van der Waals surface area contributed by atoms with Crippen LogP contribution in [0.4, 0.5) is 14.5 Å². The molecule has 1 aliphatic heterocycles. The van der Waals surface area contributed by atoms with Crippen LogP contribution in [0.2, 0.25) is 0 Å². The van der Waals surface area contributed by atoms with Gasteiger partial charge in [-0.1, -0.05) is 6.58 Å². The van der Waals surface area contributed by atoms with Gasteiger partial charge in [-0.15, -0.1) is 0 Å². The number of rotatable bonds is 0. The van der Waals surface area contributed by atoms with Gasteiger partial charge in [0.1, 0.15) is 11.6 Å². The van der Waals surface area contributed by atoms with Crippen LogP contribution in [0.3, 0.4) is 0 Å². The van der Waals surface area contributed by atoms with Gasteiger partial charge in [0.15, 0.2) is 0 Å². The Balaban J connectivity index is 2.73. The molecule has 1 aliphatic rings. The number of nitrogens with zero attached hydrogens (tertiary/aromatic N) is 1. The van der Waals surface area contributed by atoms with Crippen LogP contribution in [0.1, 0.15) is 11.1 Å². The number of halogens is 2. The van der Waals surface area contributed by atoms with Crippen molar-refractivity contribution < 1.29 is 8.78 Å². The average molecular weight is 195 g/mol. The van der Waals surface area contributed by atoms with Crippen LogP contribution in [0.15, 0.2) is 18.3 Å². The summed E-state index contributed by atoms with van der Waals surface area (Å²) >= 11 is 0. The molecule has 1 aromatic carbocycles. The van der Waals surface area contributed by atoms with Crippen molar-refractivity contribution in [3.8, 4) is 0 Å². The minimum Gasteiger partial charge on any atom is -0.346 e. The van der Waals surface area contributed by atoms with Crippen molar-refractivity contribution in [1.29, 1.82) is 0 Å². The van der Waals surface area contributed by atoms with Gasteiger partial charge in [0.2, 0.25) is 0 Å². The Bertz CT molecular complexity index is 424. The number of fused-ring (bicyclic) bond motifs is 1. The Morgan fingerprint density at radius 1 is 1.43 bits per heavy atom. The van der Waals surface area contributed by atoms with Gasteiger partial charge in [0.05, 0.1) is 5.69 Å². The van der Waals surface area contributed by atoms with Gasteiger partial charge in [-0.25, -0.2) is 8.78 Å². The Morgan fingerprint density at radius 2 is 2.07 bits per heavy atom. The monoisotopic (exact) mass is 195 g/mol. The molecule has 0 radical (unpaired) electrons. The van der Waals surface area contributed by atoms with Crippen LogP contribution in [-0.4, -0.2) is 7.05 Å². The first-order valence-corrected chi connectivity index (χ1v) is 4.41. The van der Waals surface area contributed by atoms with Gasteiger partial charge in [-0.3, -0.25) is 0 Å². The van der Waals surface area contributed by atoms with Crippen LogP contribution in [0.25, 0.3) is 0 Å². The molecule has 0 aromatic heterocycles. The van der Waals surface area contributed by atoms with Gasteiger partial charge in [0, 0.05) is 24.7 Å². The molecule has 1 aromatic rings. The second kappa shape index (κ2) is 2.80. The highest BCUT2D eigenvalue weighted by molar-refractivity contribution is 5.66. The van der Waals surface area contributed by atoms with E-state index in [4.69, 9.17) is 0 Å². The van der Waals surface area contributed by atoms with Gasteiger partial charge in [-0.05, 0) is 18.6 Å². The summed E-state index contributed by atoms with van der Waals surface area (Å²) in [5, 5.41) is 0. The molecule has 0 spiro atoms. The van der Waals surface area contributed by atoms with E-state index in [1.54, 1.807) is 18.9 Å². The first-order valence-electron chi connectivity index (χ1n) is 4.41. The van der Waals surface area contributed by atoms with Crippen molar-refractivity contribution in [2.45, 2.75) is 13.3 Å². The molecule has 0 aliphatic carbocycles. The summed E-state index contributed by atoms with van der Waals surface area (Å²) in [4.78, 5) is 1.60. The van der Waals surface area contributed by atoms with Crippen molar-refractivity contribution in [1.82, 2.24) is 0 Å². The van der Waals surface area contributed by atoms with Crippen molar-refractivity contribution >= 4 is 5.69 Å². The van der Waals surface area contributed by atoms with E-state index in [2.05, 4.69) is 6.58 Å². The van der Waals surface area contributed by atoms with Gasteiger partial charge < -0.3 is 4.90 Å². The molecular weight excluding hydrogens is 184 g/mol. The second-order valence-electron chi connectivity index (χ2n) is 3.62. The third-order valence-corrected chi connectivity index (χ3v) is 2.66. The van der Waals surface area contributed by atoms with E-state index in [1.807, 2.05) is 0 Å². The Hall–Kier alpha value is -1.38. The van der Waals surface area contributed by atoms with Crippen LogP contribution in [0, 0.1) is 18.6 Å². The minimum atomic E-state index is -0.375. The molecule has 1 nitrogen and oxygen atoms in total. The lowest BCUT2D eigenvalue weighted by Crippen LogP contribution is -2.11. The molecule has 0 atom stereocenters. The highest BCUT2D eigenvalue weighted by Crippen LogP contribution is 2.37. The first-order chi connectivity index (χ1) is 6.52. The summed E-state index contributed by atoms with van der Waals surface area (Å²) < 4.78 is 27.1. The highest BCUT2D eigenvalue weighted by atomic mass is 19.1. The maximum atomic E-state index is 13.6. The van der Waals surface area contributed by atoms with Gasteiger partial charge >= 0.3 is 0 Å². The largest absolute Gasteiger partial charge is 0.346 e. The van der Waals surface area contributed by atoms with Crippen LogP contribution < -0.4 is 4.90 Å². The third kappa shape index (κ3) is 1.05. The molecule has 0 unspecified atom stereocenters. The van der Waals surface area contributed by atoms with Crippen molar-refractivity contribution in [2.24, 2.45) is 0 Å². The first kappa shape index (κ1) is 9.19. The highest BCUT2D eigenvalue weighted by Gasteiger charge is 2.27. The SMILES string of the molecule is C=C1Cc2c(F)c(C)cc(F)c2N1C. The van der Waals surface area contributed by atoms with Crippen molar-refractivity contribution in [3.63, 3.8) is 0 Å². The van der Waals surface area contributed by atoms with Gasteiger partial charge in [0.25, 0.3) is 0 Å². The van der Waals surface area contributed by atoms with Crippen LogP contribution >= 0.6 is 0 Å². The number of hydrogen-bond donors (Lipinski definition) is 0. The lowest BCUT2D eigenvalue weighted by molar-refractivity contribution is 0.586. The summed E-state index contributed by atoms with van der Waals surface area (Å²) in [6, 6.07) is 1.23. The quantitative estimate of drug-likeness (QED) is 0.615. The zero-order valence-electron chi connectivity index (χ0n) is 8.19. The standard InChI is InChI=1S/C11H11F2N/c1-6-4-9(12)11-8(10(6)13)5-7(2)14(11)3/h4H,2,5H2,1,3H3. The van der Waals surface area contributed by atoms with Crippen LogP contribution in [-0.2, 0) is 6.42 Å². The predicted octanol–water partition coefficient (Wildman–Crippen LogP) is 2.78. The lowest BCUT2D eigenvalue weighted by Gasteiger charge is -2.14. The molecule has 0 N–H and O–H groups in total. The summed E-state index contributed by atoms with van der Waals surface area (Å²) in [6.07, 6.45) is 0.399.